The van der Waals surface area contributed by atoms with Crippen molar-refractivity contribution in [2.45, 2.75) is 12.6 Å². The number of nitrogens with one attached hydrogen (secondary N) is 1. The first-order valence-corrected chi connectivity index (χ1v) is 7.10. The Balaban J connectivity index is 1.76. The molecule has 0 radical (unpaired) electrons. The first kappa shape index (κ1) is 13.0. The van der Waals surface area contributed by atoms with Crippen LogP contribution in [-0.4, -0.2) is 27.2 Å². The second-order valence-corrected chi connectivity index (χ2v) is 5.20. The average molecular weight is 294 g/mol. The van der Waals surface area contributed by atoms with Crippen LogP contribution in [0.15, 0.2) is 53.5 Å². The molecule has 4 rings (SSSR count). The summed E-state index contributed by atoms with van der Waals surface area (Å²) in [6, 6.07) is 13.0. The van der Waals surface area contributed by atoms with E-state index in [0.29, 0.717) is 24.7 Å². The lowest BCUT2D eigenvalue weighted by molar-refractivity contribution is 0.382. The molecule has 2 aromatic heterocycles. The van der Waals surface area contributed by atoms with Crippen LogP contribution in [0.4, 0.5) is 11.6 Å². The van der Waals surface area contributed by atoms with Crippen molar-refractivity contribution in [3.8, 4) is 0 Å². The summed E-state index contributed by atoms with van der Waals surface area (Å²) in [5.74, 6) is 0.467. The van der Waals surface area contributed by atoms with Gasteiger partial charge >= 0.3 is 0 Å². The number of rotatable bonds is 4. The smallest absolute Gasteiger partial charge is 0.252 e. The summed E-state index contributed by atoms with van der Waals surface area (Å²) in [5.41, 5.74) is 1.45. The van der Waals surface area contributed by atoms with Gasteiger partial charge in [0, 0.05) is 23.3 Å². The molecule has 1 fully saturated rings. The van der Waals surface area contributed by atoms with E-state index in [9.17, 15) is 4.79 Å². The zero-order valence-corrected chi connectivity index (χ0v) is 11.8. The molecule has 3 heterocycles. The molecule has 0 saturated carbocycles. The van der Waals surface area contributed by atoms with Crippen LogP contribution < -0.4 is 10.9 Å². The Morgan fingerprint density at radius 2 is 2.05 bits per heavy atom. The molecule has 1 atom stereocenters. The van der Waals surface area contributed by atoms with E-state index in [1.54, 1.807) is 22.9 Å². The fraction of sp³-hybridized carbons (Fsp3) is 0.188. The van der Waals surface area contributed by atoms with Gasteiger partial charge in [-0.1, -0.05) is 18.2 Å². The molecule has 1 unspecified atom stereocenters. The highest BCUT2D eigenvalue weighted by atomic mass is 16.6. The number of anilines is 2. The minimum Gasteiger partial charge on any atom is -0.371 e. The largest absolute Gasteiger partial charge is 0.371 e. The first-order chi connectivity index (χ1) is 10.8. The van der Waals surface area contributed by atoms with Crippen molar-refractivity contribution < 1.29 is 4.74 Å². The van der Waals surface area contributed by atoms with Crippen molar-refractivity contribution in [1.82, 2.24) is 14.5 Å². The van der Waals surface area contributed by atoms with E-state index in [1.807, 2.05) is 30.3 Å². The number of ether oxygens (including phenoxy) is 1. The fourth-order valence-corrected chi connectivity index (χ4v) is 2.34. The quantitative estimate of drug-likeness (QED) is 0.744. The van der Waals surface area contributed by atoms with Gasteiger partial charge in [0.2, 0.25) is 5.95 Å². The molecule has 0 aliphatic carbocycles. The number of epoxide rings is 1. The van der Waals surface area contributed by atoms with Gasteiger partial charge in [-0.3, -0.25) is 9.36 Å². The molecule has 110 valence electrons. The predicted octanol–water partition coefficient (Wildman–Crippen LogP) is 1.93. The van der Waals surface area contributed by atoms with Crippen LogP contribution in [0.25, 0.3) is 11.0 Å². The number of aromatic nitrogens is 3. The van der Waals surface area contributed by atoms with Crippen LogP contribution in [0.5, 0.6) is 0 Å². The monoisotopic (exact) mass is 294 g/mol. The normalized spacial score (nSPS) is 16.6. The van der Waals surface area contributed by atoms with Crippen molar-refractivity contribution in [3.05, 3.63) is 59.0 Å². The van der Waals surface area contributed by atoms with Crippen LogP contribution in [0.2, 0.25) is 0 Å². The van der Waals surface area contributed by atoms with E-state index in [1.165, 1.54) is 0 Å². The zero-order valence-electron chi connectivity index (χ0n) is 11.8. The summed E-state index contributed by atoms with van der Waals surface area (Å²) < 4.78 is 6.87. The Labute approximate surface area is 126 Å². The molecule has 0 spiro atoms. The minimum absolute atomic E-state index is 0.0765. The van der Waals surface area contributed by atoms with Crippen molar-refractivity contribution in [3.63, 3.8) is 0 Å². The predicted molar refractivity (Wildman–Crippen MR) is 83.3 cm³/mol. The number of para-hydroxylation sites is 1. The molecule has 3 aromatic rings. The average Bonchev–Trinajstić information content (AvgIpc) is 3.35. The summed E-state index contributed by atoms with van der Waals surface area (Å²) in [5, 5.41) is 3.98. The molecule has 1 N–H and O–H groups in total. The van der Waals surface area contributed by atoms with Crippen LogP contribution in [0, 0.1) is 0 Å². The maximum absolute atomic E-state index is 12.1. The summed E-state index contributed by atoms with van der Waals surface area (Å²) >= 11 is 0. The van der Waals surface area contributed by atoms with E-state index < -0.39 is 0 Å². The Morgan fingerprint density at radius 1 is 1.23 bits per heavy atom. The highest BCUT2D eigenvalue weighted by Gasteiger charge is 2.24. The molecule has 22 heavy (non-hydrogen) atoms. The second-order valence-electron chi connectivity index (χ2n) is 5.20. The molecule has 1 aliphatic heterocycles. The van der Waals surface area contributed by atoms with Gasteiger partial charge in [-0.2, -0.15) is 4.98 Å². The van der Waals surface area contributed by atoms with Gasteiger partial charge < -0.3 is 10.1 Å². The molecular weight excluding hydrogens is 280 g/mol. The molecule has 0 bridgehead atoms. The molecule has 6 nitrogen and oxygen atoms in total. The van der Waals surface area contributed by atoms with Gasteiger partial charge in [0.05, 0.1) is 19.3 Å². The second kappa shape index (κ2) is 5.23. The van der Waals surface area contributed by atoms with Crippen molar-refractivity contribution in [2.75, 3.05) is 11.9 Å². The molecule has 6 heteroatoms. The third-order valence-corrected chi connectivity index (χ3v) is 3.54. The molecule has 0 amide bonds. The number of nitrogens with zero attached hydrogens (tertiary/aromatic N) is 3. The van der Waals surface area contributed by atoms with Crippen molar-refractivity contribution in [1.29, 1.82) is 0 Å². The standard InChI is InChI=1S/C16H14N4O2/c21-14-7-6-11-8-17-16(18-12-4-2-1-3-5-12)19-15(11)20(14)9-13-10-22-13/h1-8,13H,9-10H2,(H,17,18,19). The fourth-order valence-electron chi connectivity index (χ4n) is 2.34. The maximum atomic E-state index is 12.1. The van der Waals surface area contributed by atoms with Crippen LogP contribution >= 0.6 is 0 Å². The zero-order chi connectivity index (χ0) is 14.9. The van der Waals surface area contributed by atoms with E-state index >= 15 is 0 Å². The van der Waals surface area contributed by atoms with Crippen molar-refractivity contribution >= 4 is 22.7 Å². The molecule has 1 saturated heterocycles. The topological polar surface area (TPSA) is 72.3 Å². The summed E-state index contributed by atoms with van der Waals surface area (Å²) in [4.78, 5) is 20.9. The molecule has 1 aliphatic rings. The van der Waals surface area contributed by atoms with E-state index in [-0.39, 0.29) is 11.7 Å². The van der Waals surface area contributed by atoms with E-state index in [2.05, 4.69) is 15.3 Å². The Bertz CT molecular complexity index is 872. The highest BCUT2D eigenvalue weighted by Crippen LogP contribution is 2.17. The van der Waals surface area contributed by atoms with Gasteiger partial charge in [0.15, 0.2) is 0 Å². The van der Waals surface area contributed by atoms with Gasteiger partial charge in [-0.25, -0.2) is 4.98 Å². The highest BCUT2D eigenvalue weighted by molar-refractivity contribution is 5.75. The van der Waals surface area contributed by atoms with Crippen LogP contribution in [-0.2, 0) is 11.3 Å². The molecular formula is C16H14N4O2. The third kappa shape index (κ3) is 2.56. The lowest BCUT2D eigenvalue weighted by atomic mass is 10.3. The molecule has 1 aromatic carbocycles. The van der Waals surface area contributed by atoms with Gasteiger partial charge in [0.1, 0.15) is 5.65 Å². The number of hydrogen-bond donors (Lipinski definition) is 1. The lowest BCUT2D eigenvalue weighted by Gasteiger charge is -2.09. The van der Waals surface area contributed by atoms with Crippen LogP contribution in [0.1, 0.15) is 0 Å². The van der Waals surface area contributed by atoms with Gasteiger partial charge in [-0.15, -0.1) is 0 Å². The Hall–Kier alpha value is -2.73. The minimum atomic E-state index is -0.0765. The van der Waals surface area contributed by atoms with Gasteiger partial charge in [-0.05, 0) is 18.2 Å². The van der Waals surface area contributed by atoms with E-state index in [4.69, 9.17) is 4.74 Å². The Morgan fingerprint density at radius 3 is 2.82 bits per heavy atom. The number of hydrogen-bond acceptors (Lipinski definition) is 5. The van der Waals surface area contributed by atoms with Crippen molar-refractivity contribution in [2.24, 2.45) is 0 Å². The number of pyridine rings is 1. The lowest BCUT2D eigenvalue weighted by Crippen LogP contribution is -2.22. The summed E-state index contributed by atoms with van der Waals surface area (Å²) in [6.07, 6.45) is 1.83. The first-order valence-electron chi connectivity index (χ1n) is 7.10. The van der Waals surface area contributed by atoms with E-state index in [0.717, 1.165) is 11.1 Å². The SMILES string of the molecule is O=c1ccc2cnc(Nc3ccccc3)nc2n1CC1CO1. The van der Waals surface area contributed by atoms with Crippen LogP contribution in [0.3, 0.4) is 0 Å². The summed E-state index contributed by atoms with van der Waals surface area (Å²) in [6.45, 7) is 1.22. The third-order valence-electron chi connectivity index (χ3n) is 3.54. The number of fused-ring (bicyclic) bond motifs is 1. The summed E-state index contributed by atoms with van der Waals surface area (Å²) in [7, 11) is 0. The number of benzene rings is 1. The Kier molecular flexibility index (Phi) is 3.08. The van der Waals surface area contributed by atoms with Gasteiger partial charge in [0.25, 0.3) is 5.56 Å². The maximum Gasteiger partial charge on any atom is 0.252 e.